The van der Waals surface area contributed by atoms with E-state index in [0.29, 0.717) is 29.5 Å². The van der Waals surface area contributed by atoms with Crippen molar-refractivity contribution in [2.75, 3.05) is 41.9 Å². The van der Waals surface area contributed by atoms with Gasteiger partial charge in [-0.1, -0.05) is 11.6 Å². The molecule has 3 rings (SSSR count). The molecule has 0 unspecified atom stereocenters. The molecule has 8 heteroatoms. The zero-order valence-electron chi connectivity index (χ0n) is 15.8. The zero-order valence-corrected chi connectivity index (χ0v) is 16.6. The highest BCUT2D eigenvalue weighted by atomic mass is 35.5. The molecule has 7 nitrogen and oxygen atoms in total. The fourth-order valence-corrected chi connectivity index (χ4v) is 2.92. The summed E-state index contributed by atoms with van der Waals surface area (Å²) in [6, 6.07) is 14.5. The van der Waals surface area contributed by atoms with Crippen LogP contribution in [0.2, 0.25) is 5.02 Å². The second-order valence-corrected chi connectivity index (χ2v) is 6.95. The molecule has 146 valence electrons. The van der Waals surface area contributed by atoms with Crippen molar-refractivity contribution in [2.24, 2.45) is 0 Å². The van der Waals surface area contributed by atoms with Crippen molar-refractivity contribution >= 4 is 40.4 Å². The number of benzene rings is 2. The molecule has 0 fully saturated rings. The van der Waals surface area contributed by atoms with Crippen LogP contribution >= 0.6 is 11.6 Å². The van der Waals surface area contributed by atoms with Crippen LogP contribution in [0, 0.1) is 0 Å². The van der Waals surface area contributed by atoms with Crippen LogP contribution in [0.25, 0.3) is 0 Å². The number of hydrogen-bond acceptors (Lipinski definition) is 5. The number of hydrogen-bond donors (Lipinski definition) is 3. The molecule has 1 aromatic heterocycles. The van der Waals surface area contributed by atoms with Crippen molar-refractivity contribution in [2.45, 2.75) is 6.54 Å². The molecule has 28 heavy (non-hydrogen) atoms. The van der Waals surface area contributed by atoms with Crippen LogP contribution in [0.3, 0.4) is 0 Å². The average Bonchev–Trinajstić information content (AvgIpc) is 3.08. The SMILES string of the molecule is CN(C)c1cc(Cl)ccc1C(=O)Nc1ccc(NCCn2ccc(N)n2)cc1. The quantitative estimate of drug-likeness (QED) is 0.566. The number of carbonyl (C=O) groups excluding carboxylic acids is 1. The van der Waals surface area contributed by atoms with E-state index in [2.05, 4.69) is 15.7 Å². The summed E-state index contributed by atoms with van der Waals surface area (Å²) in [7, 11) is 3.75. The predicted molar refractivity (Wildman–Crippen MR) is 115 cm³/mol. The number of nitrogens with two attached hydrogens (primary N) is 1. The van der Waals surface area contributed by atoms with Crippen molar-refractivity contribution in [3.05, 3.63) is 65.3 Å². The average molecular weight is 399 g/mol. The molecule has 0 radical (unpaired) electrons. The fourth-order valence-electron chi connectivity index (χ4n) is 2.75. The smallest absolute Gasteiger partial charge is 0.257 e. The number of nitrogens with one attached hydrogen (secondary N) is 2. The summed E-state index contributed by atoms with van der Waals surface area (Å²) in [6.07, 6.45) is 1.84. The summed E-state index contributed by atoms with van der Waals surface area (Å²) >= 11 is 6.05. The van der Waals surface area contributed by atoms with Gasteiger partial charge in [0.15, 0.2) is 0 Å². The van der Waals surface area contributed by atoms with E-state index in [1.54, 1.807) is 28.9 Å². The van der Waals surface area contributed by atoms with Gasteiger partial charge in [0.25, 0.3) is 5.91 Å². The Bertz CT molecular complexity index is 952. The molecule has 1 heterocycles. The molecule has 1 amide bonds. The summed E-state index contributed by atoms with van der Waals surface area (Å²) in [6.45, 7) is 1.42. The maximum absolute atomic E-state index is 12.7. The highest BCUT2D eigenvalue weighted by Crippen LogP contribution is 2.24. The Morgan fingerprint density at radius 3 is 2.50 bits per heavy atom. The van der Waals surface area contributed by atoms with Crippen LogP contribution in [-0.2, 0) is 6.54 Å². The number of halogens is 1. The second kappa shape index (κ2) is 8.67. The molecule has 2 aromatic carbocycles. The largest absolute Gasteiger partial charge is 0.383 e. The van der Waals surface area contributed by atoms with Gasteiger partial charge in [-0.25, -0.2) is 0 Å². The van der Waals surface area contributed by atoms with Crippen molar-refractivity contribution in [1.82, 2.24) is 9.78 Å². The van der Waals surface area contributed by atoms with Gasteiger partial charge in [-0.2, -0.15) is 5.10 Å². The minimum absolute atomic E-state index is 0.183. The third-order valence-corrected chi connectivity index (χ3v) is 4.40. The fraction of sp³-hybridized carbons (Fsp3) is 0.200. The molecular formula is C20H23ClN6O. The minimum atomic E-state index is -0.183. The highest BCUT2D eigenvalue weighted by molar-refractivity contribution is 6.31. The number of amides is 1. The van der Waals surface area contributed by atoms with Crippen molar-refractivity contribution in [1.29, 1.82) is 0 Å². The lowest BCUT2D eigenvalue weighted by Gasteiger charge is -2.17. The Kier molecular flexibility index (Phi) is 6.06. The maximum atomic E-state index is 12.7. The van der Waals surface area contributed by atoms with Crippen molar-refractivity contribution in [3.8, 4) is 0 Å². The van der Waals surface area contributed by atoms with Gasteiger partial charge in [0, 0.05) is 43.2 Å². The minimum Gasteiger partial charge on any atom is -0.383 e. The molecule has 0 spiro atoms. The molecule has 4 N–H and O–H groups in total. The Balaban J connectivity index is 1.59. The van der Waals surface area contributed by atoms with Gasteiger partial charge in [0.05, 0.1) is 17.8 Å². The Morgan fingerprint density at radius 1 is 1.14 bits per heavy atom. The summed E-state index contributed by atoms with van der Waals surface area (Å²) in [5, 5.41) is 11.0. The summed E-state index contributed by atoms with van der Waals surface area (Å²) in [4.78, 5) is 14.5. The molecule has 0 aliphatic rings. The molecule has 0 aliphatic carbocycles. The van der Waals surface area contributed by atoms with Gasteiger partial charge in [0.2, 0.25) is 0 Å². The third-order valence-electron chi connectivity index (χ3n) is 4.16. The number of nitrogens with zero attached hydrogens (tertiary/aromatic N) is 3. The first-order chi connectivity index (χ1) is 13.4. The first-order valence-electron chi connectivity index (χ1n) is 8.83. The van der Waals surface area contributed by atoms with E-state index in [0.717, 1.165) is 17.1 Å². The lowest BCUT2D eigenvalue weighted by atomic mass is 10.1. The number of anilines is 4. The number of aromatic nitrogens is 2. The third kappa shape index (κ3) is 4.95. The molecule has 0 saturated carbocycles. The van der Waals surface area contributed by atoms with Gasteiger partial charge in [0.1, 0.15) is 5.82 Å². The molecule has 0 atom stereocenters. The van der Waals surface area contributed by atoms with E-state index < -0.39 is 0 Å². The van der Waals surface area contributed by atoms with E-state index in [1.165, 1.54) is 0 Å². The Morgan fingerprint density at radius 2 is 1.86 bits per heavy atom. The highest BCUT2D eigenvalue weighted by Gasteiger charge is 2.13. The first kappa shape index (κ1) is 19.6. The number of carbonyl (C=O) groups is 1. The Labute approximate surface area is 169 Å². The van der Waals surface area contributed by atoms with Crippen LogP contribution in [-0.4, -0.2) is 36.3 Å². The first-order valence-corrected chi connectivity index (χ1v) is 9.21. The standard InChI is InChI=1S/C20H23ClN6O/c1-26(2)18-13-14(21)3-8-17(18)20(28)24-16-6-4-15(5-7-16)23-10-12-27-11-9-19(22)25-27/h3-9,11,13,23H,10,12H2,1-2H3,(H2,22,25)(H,24,28). The normalized spacial score (nSPS) is 10.5. The van der Waals surface area contributed by atoms with Crippen LogP contribution in [0.5, 0.6) is 0 Å². The van der Waals surface area contributed by atoms with Gasteiger partial charge in [-0.3, -0.25) is 9.48 Å². The summed E-state index contributed by atoms with van der Waals surface area (Å²) < 4.78 is 1.78. The molecule has 0 saturated heterocycles. The lowest BCUT2D eigenvalue weighted by Crippen LogP contribution is -2.18. The molecular weight excluding hydrogens is 376 g/mol. The number of rotatable bonds is 7. The summed E-state index contributed by atoms with van der Waals surface area (Å²) in [5.41, 5.74) is 8.60. The molecule has 3 aromatic rings. The lowest BCUT2D eigenvalue weighted by molar-refractivity contribution is 0.102. The Hall–Kier alpha value is -3.19. The van der Waals surface area contributed by atoms with Crippen LogP contribution in [0.4, 0.5) is 22.9 Å². The van der Waals surface area contributed by atoms with E-state index >= 15 is 0 Å². The number of nitrogen functional groups attached to an aromatic ring is 1. The van der Waals surface area contributed by atoms with Gasteiger partial charge in [-0.15, -0.1) is 0 Å². The van der Waals surface area contributed by atoms with Crippen molar-refractivity contribution < 1.29 is 4.79 Å². The van der Waals surface area contributed by atoms with Crippen molar-refractivity contribution in [3.63, 3.8) is 0 Å². The van der Waals surface area contributed by atoms with Gasteiger partial charge < -0.3 is 21.3 Å². The van der Waals surface area contributed by atoms with E-state index in [4.69, 9.17) is 17.3 Å². The van der Waals surface area contributed by atoms with Crippen LogP contribution in [0.1, 0.15) is 10.4 Å². The topological polar surface area (TPSA) is 88.2 Å². The van der Waals surface area contributed by atoms with Crippen LogP contribution < -0.4 is 21.3 Å². The van der Waals surface area contributed by atoms with E-state index in [1.807, 2.05) is 49.5 Å². The predicted octanol–water partition coefficient (Wildman–Crippen LogP) is 3.55. The second-order valence-electron chi connectivity index (χ2n) is 6.52. The molecule has 0 aliphatic heterocycles. The zero-order chi connectivity index (χ0) is 20.1. The van der Waals surface area contributed by atoms with Gasteiger partial charge >= 0.3 is 0 Å². The molecule has 0 bridgehead atoms. The van der Waals surface area contributed by atoms with E-state index in [9.17, 15) is 4.79 Å². The van der Waals surface area contributed by atoms with Gasteiger partial charge in [-0.05, 0) is 48.5 Å². The maximum Gasteiger partial charge on any atom is 0.257 e. The summed E-state index contributed by atoms with van der Waals surface area (Å²) in [5.74, 6) is 0.329. The monoisotopic (exact) mass is 398 g/mol. The van der Waals surface area contributed by atoms with Crippen LogP contribution in [0.15, 0.2) is 54.7 Å². The van der Waals surface area contributed by atoms with E-state index in [-0.39, 0.29) is 5.91 Å².